The van der Waals surface area contributed by atoms with Crippen LogP contribution in [0.15, 0.2) is 138 Å². The SMILES string of the molecule is CC(C)(C)c1ccc(N2c3c(oc4cc5c(cc34)C(C)(C)CCC5(C)C)B3c4c(cc5c(sc6ccccc65)c42)-c2cccc4c2N3c2ccccc2C4(C)C)c(-c2ccccc2)c1. The van der Waals surface area contributed by atoms with Gasteiger partial charge in [0.2, 0.25) is 0 Å². The number of nitrogens with zero attached hydrogens (tertiary/aromatic N) is 2. The molecule has 2 aromatic heterocycles. The maximum absolute atomic E-state index is 7.71. The Morgan fingerprint density at radius 3 is 2.05 bits per heavy atom. The summed E-state index contributed by atoms with van der Waals surface area (Å²) in [5, 5.41) is 3.81. The third-order valence-electron chi connectivity index (χ3n) is 15.8. The van der Waals surface area contributed by atoms with Crippen molar-refractivity contribution in [3.8, 4) is 22.3 Å². The molecule has 1 aliphatic carbocycles. The molecule has 64 heavy (non-hydrogen) atoms. The fraction of sp³-hybridized carbons (Fsp3) is 0.254. The van der Waals surface area contributed by atoms with Crippen LogP contribution in [0, 0.1) is 0 Å². The van der Waals surface area contributed by atoms with E-state index in [-0.39, 0.29) is 28.5 Å². The Balaban J connectivity index is 1.25. The Morgan fingerprint density at radius 2 is 1.27 bits per heavy atom. The topological polar surface area (TPSA) is 19.6 Å². The fourth-order valence-corrected chi connectivity index (χ4v) is 13.4. The molecular formula is C59H53BN2OS. The van der Waals surface area contributed by atoms with E-state index in [1.165, 1.54) is 104 Å². The minimum Gasteiger partial charge on any atom is -0.466 e. The van der Waals surface area contributed by atoms with Crippen molar-refractivity contribution in [1.82, 2.24) is 0 Å². The highest BCUT2D eigenvalue weighted by Crippen LogP contribution is 2.59. The Bertz CT molecular complexity index is 3490. The third kappa shape index (κ3) is 5.00. The Kier molecular flexibility index (Phi) is 7.57. The number of fused-ring (bicyclic) bond motifs is 13. The van der Waals surface area contributed by atoms with Gasteiger partial charge in [0.1, 0.15) is 11.2 Å². The molecule has 0 saturated carbocycles. The zero-order valence-corrected chi connectivity index (χ0v) is 39.2. The second-order valence-corrected chi connectivity index (χ2v) is 23.0. The standard InChI is InChI=1S/C59H53BN2OS/c1-56(2,3)35-26-27-46(38(30-35)34-18-11-10-12-19-34)61-52-41-32-44-45(58(6,7)29-28-57(44,4)5)33-48(41)63-55(52)60-50-39(31-40-36-20-13-16-25-49(36)64-54(40)53(50)61)37-21-17-23-43-51(37)62(60)47-24-15-14-22-42(47)59(43,8)9/h10-27,30-33H,28-29H2,1-9H3. The number of furan rings is 1. The first-order valence-electron chi connectivity index (χ1n) is 23.3. The Morgan fingerprint density at radius 1 is 0.562 bits per heavy atom. The van der Waals surface area contributed by atoms with Crippen molar-refractivity contribution < 1.29 is 4.42 Å². The number of anilines is 5. The van der Waals surface area contributed by atoms with Gasteiger partial charge < -0.3 is 14.1 Å². The molecule has 7 aromatic carbocycles. The summed E-state index contributed by atoms with van der Waals surface area (Å²) in [6.07, 6.45) is 2.29. The van der Waals surface area contributed by atoms with E-state index in [0.29, 0.717) is 0 Å². The normalized spacial score (nSPS) is 17.3. The number of benzene rings is 7. The predicted molar refractivity (Wildman–Crippen MR) is 274 cm³/mol. The molecule has 3 nitrogen and oxygen atoms in total. The van der Waals surface area contributed by atoms with Gasteiger partial charge in [0, 0.05) is 48.8 Å². The van der Waals surface area contributed by atoms with Crippen molar-refractivity contribution >= 4 is 88.9 Å². The molecule has 5 heteroatoms. The van der Waals surface area contributed by atoms with E-state index in [1.54, 1.807) is 0 Å². The lowest BCUT2D eigenvalue weighted by atomic mass is 9.44. The second-order valence-electron chi connectivity index (χ2n) is 21.9. The summed E-state index contributed by atoms with van der Waals surface area (Å²) in [5.74, 6) is 0. The van der Waals surface area contributed by atoms with Crippen molar-refractivity contribution in [3.63, 3.8) is 0 Å². The molecule has 314 valence electrons. The van der Waals surface area contributed by atoms with Gasteiger partial charge in [-0.2, -0.15) is 0 Å². The first-order chi connectivity index (χ1) is 30.6. The van der Waals surface area contributed by atoms with Crippen LogP contribution in [0.25, 0.3) is 53.4 Å². The highest BCUT2D eigenvalue weighted by atomic mass is 32.1. The average Bonchev–Trinajstić information content (AvgIpc) is 3.85. The molecule has 0 radical (unpaired) electrons. The van der Waals surface area contributed by atoms with E-state index >= 15 is 0 Å². The first kappa shape index (κ1) is 38.4. The summed E-state index contributed by atoms with van der Waals surface area (Å²) in [5.41, 5.74) is 21.2. The average molecular weight is 849 g/mol. The van der Waals surface area contributed by atoms with Gasteiger partial charge >= 0.3 is 6.85 Å². The molecule has 4 aliphatic rings. The minimum atomic E-state index is -0.212. The van der Waals surface area contributed by atoms with Gasteiger partial charge in [0.25, 0.3) is 0 Å². The van der Waals surface area contributed by atoms with Crippen molar-refractivity contribution in [2.24, 2.45) is 0 Å². The van der Waals surface area contributed by atoms with Crippen LogP contribution >= 0.6 is 11.3 Å². The number of rotatable bonds is 2. The van der Waals surface area contributed by atoms with Crippen molar-refractivity contribution in [1.29, 1.82) is 0 Å². The van der Waals surface area contributed by atoms with Crippen LogP contribution in [-0.4, -0.2) is 6.85 Å². The molecule has 0 unspecified atom stereocenters. The summed E-state index contributed by atoms with van der Waals surface area (Å²) in [4.78, 5) is 5.36. The van der Waals surface area contributed by atoms with Crippen LogP contribution in [-0.2, 0) is 21.7 Å². The zero-order valence-electron chi connectivity index (χ0n) is 38.4. The number of hydrogen-bond acceptors (Lipinski definition) is 4. The summed E-state index contributed by atoms with van der Waals surface area (Å²) < 4.78 is 10.3. The maximum atomic E-state index is 7.71. The van der Waals surface area contributed by atoms with Crippen LogP contribution in [0.5, 0.6) is 0 Å². The van der Waals surface area contributed by atoms with E-state index in [9.17, 15) is 0 Å². The minimum absolute atomic E-state index is 0.0200. The molecule has 13 rings (SSSR count). The van der Waals surface area contributed by atoms with Crippen molar-refractivity contribution in [2.45, 2.75) is 96.8 Å². The molecular weight excluding hydrogens is 796 g/mol. The van der Waals surface area contributed by atoms with E-state index in [2.05, 4.69) is 205 Å². The summed E-state index contributed by atoms with van der Waals surface area (Å²) >= 11 is 1.94. The van der Waals surface area contributed by atoms with E-state index in [4.69, 9.17) is 4.42 Å². The van der Waals surface area contributed by atoms with Crippen LogP contribution in [0.2, 0.25) is 0 Å². The number of para-hydroxylation sites is 2. The van der Waals surface area contributed by atoms with Crippen molar-refractivity contribution in [3.05, 3.63) is 161 Å². The lowest BCUT2D eigenvalue weighted by Gasteiger charge is -2.50. The first-order valence-corrected chi connectivity index (χ1v) is 24.1. The van der Waals surface area contributed by atoms with Crippen LogP contribution in [0.4, 0.5) is 28.4 Å². The molecule has 0 amide bonds. The molecule has 0 atom stereocenters. The highest BCUT2D eigenvalue weighted by Gasteiger charge is 2.53. The largest absolute Gasteiger partial charge is 0.466 e. The summed E-state index contributed by atoms with van der Waals surface area (Å²) in [6, 6.07) is 51.1. The number of hydrogen-bond donors (Lipinski definition) is 0. The van der Waals surface area contributed by atoms with Crippen LogP contribution in [0.3, 0.4) is 0 Å². The molecule has 0 bridgehead atoms. The van der Waals surface area contributed by atoms with E-state index in [1.807, 2.05) is 11.3 Å². The van der Waals surface area contributed by atoms with Crippen molar-refractivity contribution in [2.75, 3.05) is 9.71 Å². The van der Waals surface area contributed by atoms with E-state index < -0.39 is 0 Å². The Labute approximate surface area is 381 Å². The van der Waals surface area contributed by atoms with Gasteiger partial charge in [-0.15, -0.1) is 11.3 Å². The third-order valence-corrected chi connectivity index (χ3v) is 17.0. The van der Waals surface area contributed by atoms with Gasteiger partial charge in [-0.1, -0.05) is 153 Å². The van der Waals surface area contributed by atoms with Gasteiger partial charge in [0.05, 0.1) is 21.8 Å². The quantitative estimate of drug-likeness (QED) is 0.162. The molecule has 9 aromatic rings. The zero-order chi connectivity index (χ0) is 43.8. The fourth-order valence-electron chi connectivity index (χ4n) is 12.2. The van der Waals surface area contributed by atoms with Crippen LogP contribution < -0.4 is 20.8 Å². The lowest BCUT2D eigenvalue weighted by molar-refractivity contribution is 0.332. The molecule has 0 fully saturated rings. The maximum Gasteiger partial charge on any atom is 0.376 e. The second kappa shape index (κ2) is 12.6. The molecule has 5 heterocycles. The smallest absolute Gasteiger partial charge is 0.376 e. The van der Waals surface area contributed by atoms with Gasteiger partial charge in [-0.25, -0.2) is 0 Å². The van der Waals surface area contributed by atoms with Gasteiger partial charge in [-0.05, 0) is 116 Å². The summed E-state index contributed by atoms with van der Waals surface area (Å²) in [6.45, 7) is 21.3. The lowest BCUT2D eigenvalue weighted by Crippen LogP contribution is -2.62. The molecule has 0 N–H and O–H groups in total. The van der Waals surface area contributed by atoms with Gasteiger partial charge in [0.15, 0.2) is 0 Å². The molecule has 3 aliphatic heterocycles. The predicted octanol–water partition coefficient (Wildman–Crippen LogP) is 15.5. The van der Waals surface area contributed by atoms with Gasteiger partial charge in [-0.3, -0.25) is 0 Å². The Hall–Kier alpha value is -6.04. The molecule has 0 spiro atoms. The van der Waals surface area contributed by atoms with Crippen LogP contribution in [0.1, 0.15) is 103 Å². The monoisotopic (exact) mass is 848 g/mol. The number of thiophene rings is 1. The highest BCUT2D eigenvalue weighted by molar-refractivity contribution is 7.26. The molecule has 0 saturated heterocycles. The van der Waals surface area contributed by atoms with E-state index in [0.717, 1.165) is 29.8 Å². The summed E-state index contributed by atoms with van der Waals surface area (Å²) in [7, 11) is 0.